The number of quaternary nitrogens is 1. The van der Waals surface area contributed by atoms with Crippen molar-refractivity contribution in [3.63, 3.8) is 0 Å². The minimum absolute atomic E-state index is 1.02. The largest absolute Gasteiger partial charge is 0.328 e. The molecule has 1 N–H and O–H groups in total. The van der Waals surface area contributed by atoms with Crippen molar-refractivity contribution >= 4 is 12.3 Å². The van der Waals surface area contributed by atoms with Crippen LogP contribution in [0.3, 0.4) is 0 Å². The molecule has 3 nitrogen and oxygen atoms in total. The maximum atomic E-state index is 4.66. The van der Waals surface area contributed by atoms with Crippen LogP contribution in [0.25, 0.3) is 6.08 Å². The molecule has 0 unspecified atom stereocenters. The zero-order chi connectivity index (χ0) is 17.5. The second-order valence-electron chi connectivity index (χ2n) is 6.91. The van der Waals surface area contributed by atoms with Crippen molar-refractivity contribution in [2.24, 2.45) is 5.10 Å². The van der Waals surface area contributed by atoms with Crippen molar-refractivity contribution in [2.75, 3.05) is 26.2 Å². The number of benzene rings is 2. The molecule has 0 amide bonds. The van der Waals surface area contributed by atoms with E-state index in [2.05, 4.69) is 78.6 Å². The summed E-state index contributed by atoms with van der Waals surface area (Å²) < 4.78 is 0. The van der Waals surface area contributed by atoms with Crippen LogP contribution in [0.4, 0.5) is 0 Å². The van der Waals surface area contributed by atoms with Crippen LogP contribution in [0, 0.1) is 6.92 Å². The SMILES string of the molecule is CC(/C=N\N1CC[NH+](Cc2ccc(C)cc2)CC1)=C/c1ccccc1. The molecule has 1 heterocycles. The van der Waals surface area contributed by atoms with E-state index in [0.717, 1.165) is 32.7 Å². The summed E-state index contributed by atoms with van der Waals surface area (Å²) in [6.45, 7) is 9.70. The molecule has 25 heavy (non-hydrogen) atoms. The van der Waals surface area contributed by atoms with Gasteiger partial charge in [-0.2, -0.15) is 5.10 Å². The second-order valence-corrected chi connectivity index (χ2v) is 6.91. The first kappa shape index (κ1) is 17.4. The molecule has 0 saturated carbocycles. The predicted molar refractivity (Wildman–Crippen MR) is 106 cm³/mol. The van der Waals surface area contributed by atoms with Gasteiger partial charge < -0.3 is 4.90 Å². The number of nitrogens with one attached hydrogen (secondary N) is 1. The molecule has 0 aliphatic carbocycles. The quantitative estimate of drug-likeness (QED) is 0.834. The van der Waals surface area contributed by atoms with Gasteiger partial charge in [0.05, 0.1) is 26.2 Å². The lowest BCUT2D eigenvalue weighted by atomic mass is 10.1. The summed E-state index contributed by atoms with van der Waals surface area (Å²) in [5, 5.41) is 6.85. The normalized spacial score (nSPS) is 16.6. The Morgan fingerprint density at radius 1 is 1.04 bits per heavy atom. The fourth-order valence-electron chi connectivity index (χ4n) is 3.12. The van der Waals surface area contributed by atoms with Gasteiger partial charge in [0.2, 0.25) is 0 Å². The Morgan fingerprint density at radius 3 is 2.40 bits per heavy atom. The molecule has 2 aromatic rings. The molecule has 1 aliphatic heterocycles. The Bertz CT molecular complexity index is 709. The van der Waals surface area contributed by atoms with Crippen LogP contribution in [0.2, 0.25) is 0 Å². The van der Waals surface area contributed by atoms with E-state index >= 15 is 0 Å². The summed E-state index contributed by atoms with van der Waals surface area (Å²) in [6.07, 6.45) is 4.15. The first-order valence-corrected chi connectivity index (χ1v) is 9.10. The minimum Gasteiger partial charge on any atom is -0.328 e. The Hall–Kier alpha value is -2.39. The van der Waals surface area contributed by atoms with Crippen molar-refractivity contribution < 1.29 is 4.90 Å². The number of rotatable bonds is 5. The molecule has 3 rings (SSSR count). The highest BCUT2D eigenvalue weighted by atomic mass is 15.5. The molecule has 130 valence electrons. The molecule has 0 bridgehead atoms. The minimum atomic E-state index is 1.02. The van der Waals surface area contributed by atoms with Gasteiger partial charge in [-0.3, -0.25) is 5.01 Å². The van der Waals surface area contributed by atoms with Crippen LogP contribution in [0.5, 0.6) is 0 Å². The van der Waals surface area contributed by atoms with Crippen LogP contribution in [0.15, 0.2) is 65.3 Å². The van der Waals surface area contributed by atoms with Gasteiger partial charge in [-0.25, -0.2) is 0 Å². The van der Waals surface area contributed by atoms with E-state index in [4.69, 9.17) is 0 Å². The van der Waals surface area contributed by atoms with E-state index in [0.29, 0.717) is 0 Å². The second kappa shape index (κ2) is 8.63. The topological polar surface area (TPSA) is 20.0 Å². The predicted octanol–water partition coefficient (Wildman–Crippen LogP) is 2.78. The Balaban J connectivity index is 1.47. The summed E-state index contributed by atoms with van der Waals surface area (Å²) in [5.74, 6) is 0. The zero-order valence-corrected chi connectivity index (χ0v) is 15.3. The van der Waals surface area contributed by atoms with Crippen molar-refractivity contribution in [1.82, 2.24) is 5.01 Å². The lowest BCUT2D eigenvalue weighted by Gasteiger charge is -2.30. The van der Waals surface area contributed by atoms with Crippen molar-refractivity contribution in [1.29, 1.82) is 0 Å². The number of nitrogens with zero attached hydrogens (tertiary/aromatic N) is 2. The summed E-state index contributed by atoms with van der Waals surface area (Å²) in [7, 11) is 0. The van der Waals surface area contributed by atoms with E-state index in [1.54, 1.807) is 4.90 Å². The van der Waals surface area contributed by atoms with Gasteiger partial charge >= 0.3 is 0 Å². The van der Waals surface area contributed by atoms with E-state index in [1.807, 2.05) is 12.3 Å². The number of piperazine rings is 1. The zero-order valence-electron chi connectivity index (χ0n) is 15.3. The van der Waals surface area contributed by atoms with Gasteiger partial charge in [-0.05, 0) is 25.0 Å². The molecule has 0 aromatic heterocycles. The summed E-state index contributed by atoms with van der Waals surface area (Å²) in [4.78, 5) is 1.65. The Kier molecular flexibility index (Phi) is 6.02. The highest BCUT2D eigenvalue weighted by Crippen LogP contribution is 2.05. The van der Waals surface area contributed by atoms with Crippen molar-refractivity contribution in [3.05, 3.63) is 76.9 Å². The lowest BCUT2D eigenvalue weighted by Crippen LogP contribution is -3.13. The Morgan fingerprint density at radius 2 is 1.72 bits per heavy atom. The van der Waals surface area contributed by atoms with Crippen LogP contribution >= 0.6 is 0 Å². The van der Waals surface area contributed by atoms with Crippen LogP contribution in [-0.2, 0) is 6.54 Å². The van der Waals surface area contributed by atoms with E-state index in [9.17, 15) is 0 Å². The third-order valence-electron chi connectivity index (χ3n) is 4.64. The smallest absolute Gasteiger partial charge is 0.103 e. The standard InChI is InChI=1S/C22H27N3/c1-19-8-10-22(11-9-19)18-24-12-14-25(15-13-24)23-17-20(2)16-21-6-4-3-5-7-21/h3-11,16-17H,12-15,18H2,1-2H3/p+1/b20-16-,23-17-. The monoisotopic (exact) mass is 334 g/mol. The maximum absolute atomic E-state index is 4.66. The number of hydrazone groups is 1. The van der Waals surface area contributed by atoms with Gasteiger partial charge in [0.25, 0.3) is 0 Å². The molecule has 0 atom stereocenters. The molecule has 3 heteroatoms. The Labute approximate surface area is 151 Å². The lowest BCUT2D eigenvalue weighted by molar-refractivity contribution is -0.918. The highest BCUT2D eigenvalue weighted by molar-refractivity contribution is 5.84. The molecule has 1 saturated heterocycles. The third-order valence-corrected chi connectivity index (χ3v) is 4.64. The first-order chi connectivity index (χ1) is 12.2. The van der Waals surface area contributed by atoms with Crippen molar-refractivity contribution in [3.8, 4) is 0 Å². The number of allylic oxidation sites excluding steroid dienone is 1. The van der Waals surface area contributed by atoms with E-state index in [-0.39, 0.29) is 0 Å². The van der Waals surface area contributed by atoms with E-state index < -0.39 is 0 Å². The molecule has 0 spiro atoms. The fraction of sp³-hybridized carbons (Fsp3) is 0.318. The summed E-state index contributed by atoms with van der Waals surface area (Å²) in [6, 6.07) is 19.3. The van der Waals surface area contributed by atoms with Crippen molar-refractivity contribution in [2.45, 2.75) is 20.4 Å². The van der Waals surface area contributed by atoms with Crippen LogP contribution < -0.4 is 4.90 Å². The maximum Gasteiger partial charge on any atom is 0.103 e. The molecule has 1 fully saturated rings. The van der Waals surface area contributed by atoms with Gasteiger partial charge in [0, 0.05) is 11.8 Å². The highest BCUT2D eigenvalue weighted by Gasteiger charge is 2.18. The van der Waals surface area contributed by atoms with E-state index in [1.165, 1.54) is 22.3 Å². The average Bonchev–Trinajstić information content (AvgIpc) is 2.64. The average molecular weight is 334 g/mol. The van der Waals surface area contributed by atoms with Gasteiger partial charge in [0.1, 0.15) is 6.54 Å². The summed E-state index contributed by atoms with van der Waals surface area (Å²) in [5.41, 5.74) is 5.16. The van der Waals surface area contributed by atoms with Gasteiger partial charge in [0.15, 0.2) is 0 Å². The van der Waals surface area contributed by atoms with Crippen LogP contribution in [0.1, 0.15) is 23.6 Å². The summed E-state index contributed by atoms with van der Waals surface area (Å²) >= 11 is 0. The van der Waals surface area contributed by atoms with Gasteiger partial charge in [-0.1, -0.05) is 66.2 Å². The first-order valence-electron chi connectivity index (χ1n) is 9.10. The third kappa shape index (κ3) is 5.57. The van der Waals surface area contributed by atoms with Crippen LogP contribution in [-0.4, -0.2) is 37.4 Å². The molecular formula is C22H28N3+. The molecule has 2 aromatic carbocycles. The number of hydrogen-bond donors (Lipinski definition) is 1. The fourth-order valence-corrected chi connectivity index (χ4v) is 3.12. The molecular weight excluding hydrogens is 306 g/mol. The molecule has 0 radical (unpaired) electrons. The number of hydrogen-bond acceptors (Lipinski definition) is 2. The molecule has 1 aliphatic rings. The van der Waals surface area contributed by atoms with Gasteiger partial charge in [-0.15, -0.1) is 0 Å². The number of aryl methyl sites for hydroxylation is 1.